The van der Waals surface area contributed by atoms with Gasteiger partial charge in [0, 0.05) is 25.9 Å². The molecule has 1 aliphatic rings. The highest BCUT2D eigenvalue weighted by molar-refractivity contribution is 5.79. The van der Waals surface area contributed by atoms with Crippen molar-refractivity contribution in [2.75, 3.05) is 13.6 Å². The number of hydrogen-bond donors (Lipinski definition) is 2. The van der Waals surface area contributed by atoms with Gasteiger partial charge in [0.15, 0.2) is 0 Å². The number of likely N-dealkylation sites (N-methyl/N-ethyl adjacent to an activating group) is 1. The van der Waals surface area contributed by atoms with E-state index in [2.05, 4.69) is 17.4 Å². The van der Waals surface area contributed by atoms with Crippen LogP contribution in [0.3, 0.4) is 0 Å². The summed E-state index contributed by atoms with van der Waals surface area (Å²) in [4.78, 5) is 26.1. The van der Waals surface area contributed by atoms with Gasteiger partial charge in [-0.3, -0.25) is 9.59 Å². The van der Waals surface area contributed by atoms with Crippen LogP contribution < -0.4 is 5.32 Å². The van der Waals surface area contributed by atoms with Crippen LogP contribution in [-0.2, 0) is 21.4 Å². The Morgan fingerprint density at radius 3 is 2.42 bits per heavy atom. The van der Waals surface area contributed by atoms with E-state index in [1.165, 1.54) is 13.0 Å². The highest BCUT2D eigenvalue weighted by Gasteiger charge is 2.40. The molecule has 2 aromatic carbocycles. The molecule has 1 fully saturated rings. The molecule has 2 amide bonds. The minimum atomic E-state index is -0.683. The average Bonchev–Trinajstić information content (AvgIpc) is 2.93. The molecular formula is C25H31FN2O3. The molecule has 0 aliphatic heterocycles. The molecule has 0 unspecified atom stereocenters. The van der Waals surface area contributed by atoms with Gasteiger partial charge >= 0.3 is 0 Å². The van der Waals surface area contributed by atoms with Crippen molar-refractivity contribution in [3.05, 3.63) is 71.5 Å². The second-order valence-electron chi connectivity index (χ2n) is 8.54. The fraction of sp³-hybridized carbons (Fsp3) is 0.440. The third-order valence-corrected chi connectivity index (χ3v) is 6.53. The molecule has 3 rings (SSSR count). The number of benzene rings is 2. The van der Waals surface area contributed by atoms with Crippen LogP contribution in [0.4, 0.5) is 4.39 Å². The molecule has 0 bridgehead atoms. The van der Waals surface area contributed by atoms with E-state index in [9.17, 15) is 19.1 Å². The molecule has 3 atom stereocenters. The molecule has 31 heavy (non-hydrogen) atoms. The summed E-state index contributed by atoms with van der Waals surface area (Å²) in [7, 11) is 1.68. The van der Waals surface area contributed by atoms with Crippen LogP contribution in [0.1, 0.15) is 43.7 Å². The Kier molecular flexibility index (Phi) is 7.44. The molecular weight excluding hydrogens is 395 g/mol. The van der Waals surface area contributed by atoms with E-state index in [1.807, 2.05) is 18.2 Å². The van der Waals surface area contributed by atoms with Crippen LogP contribution in [0.2, 0.25) is 0 Å². The summed E-state index contributed by atoms with van der Waals surface area (Å²) in [6, 6.07) is 15.9. The Labute approximate surface area is 183 Å². The lowest BCUT2D eigenvalue weighted by atomic mass is 9.74. The van der Waals surface area contributed by atoms with E-state index in [0.29, 0.717) is 31.4 Å². The van der Waals surface area contributed by atoms with E-state index in [-0.39, 0.29) is 29.7 Å². The first-order chi connectivity index (χ1) is 14.8. The maximum absolute atomic E-state index is 14.0. The number of rotatable bonds is 6. The second-order valence-corrected chi connectivity index (χ2v) is 8.54. The molecule has 2 aromatic rings. The summed E-state index contributed by atoms with van der Waals surface area (Å²) in [5.74, 6) is -0.707. The largest absolute Gasteiger partial charge is 0.391 e. The van der Waals surface area contributed by atoms with Gasteiger partial charge in [0.1, 0.15) is 5.82 Å². The SMILES string of the molecule is CC(=O)NC[C@]1(c2ccccc2)CC[C@@H](O)[C@H](N(C)C(=O)Cc2ccccc2F)CC1. The minimum absolute atomic E-state index is 0.0396. The lowest BCUT2D eigenvalue weighted by Gasteiger charge is -2.34. The number of aliphatic hydroxyl groups excluding tert-OH is 1. The van der Waals surface area contributed by atoms with Gasteiger partial charge in [0.25, 0.3) is 0 Å². The summed E-state index contributed by atoms with van der Waals surface area (Å²) in [5, 5.41) is 13.9. The Morgan fingerprint density at radius 2 is 1.74 bits per heavy atom. The molecule has 0 radical (unpaired) electrons. The van der Waals surface area contributed by atoms with Gasteiger partial charge in [0.05, 0.1) is 18.6 Å². The first-order valence-corrected chi connectivity index (χ1v) is 10.8. The summed E-state index contributed by atoms with van der Waals surface area (Å²) in [6.45, 7) is 1.99. The molecule has 6 heteroatoms. The fourth-order valence-electron chi connectivity index (χ4n) is 4.58. The molecule has 0 spiro atoms. The van der Waals surface area contributed by atoms with E-state index in [0.717, 1.165) is 12.0 Å². The van der Waals surface area contributed by atoms with Crippen molar-refractivity contribution in [2.24, 2.45) is 0 Å². The lowest BCUT2D eigenvalue weighted by molar-refractivity contribution is -0.133. The normalized spacial score (nSPS) is 23.6. The third-order valence-electron chi connectivity index (χ3n) is 6.53. The van der Waals surface area contributed by atoms with Gasteiger partial charge in [0.2, 0.25) is 11.8 Å². The quantitative estimate of drug-likeness (QED) is 0.697. The molecule has 1 saturated carbocycles. The van der Waals surface area contributed by atoms with Crippen molar-refractivity contribution < 1.29 is 19.1 Å². The number of carbonyl (C=O) groups is 2. The predicted octanol–water partition coefficient (Wildman–Crippen LogP) is 3.20. The van der Waals surface area contributed by atoms with Crippen LogP contribution >= 0.6 is 0 Å². The molecule has 0 saturated heterocycles. The van der Waals surface area contributed by atoms with Crippen molar-refractivity contribution in [1.29, 1.82) is 0 Å². The zero-order valence-corrected chi connectivity index (χ0v) is 18.2. The van der Waals surface area contributed by atoms with Gasteiger partial charge in [-0.1, -0.05) is 48.5 Å². The minimum Gasteiger partial charge on any atom is -0.391 e. The zero-order chi connectivity index (χ0) is 22.4. The van der Waals surface area contributed by atoms with Gasteiger partial charge in [-0.25, -0.2) is 4.39 Å². The number of carbonyl (C=O) groups excluding carboxylic acids is 2. The number of nitrogens with zero attached hydrogens (tertiary/aromatic N) is 1. The van der Waals surface area contributed by atoms with Gasteiger partial charge in [-0.05, 0) is 42.9 Å². The lowest BCUT2D eigenvalue weighted by Crippen LogP contribution is -2.45. The number of hydrogen-bond acceptors (Lipinski definition) is 3. The van der Waals surface area contributed by atoms with Crippen LogP contribution in [0.15, 0.2) is 54.6 Å². The predicted molar refractivity (Wildman–Crippen MR) is 118 cm³/mol. The standard InChI is InChI=1S/C25H31FN2O3/c1-18(29)27-17-25(20-9-4-3-5-10-20)14-12-22(23(30)13-15-25)28(2)24(31)16-19-8-6-7-11-21(19)26/h3-11,22-23,30H,12-17H2,1-2H3,(H,27,29)/t22-,23-,25-/m1/s1. The van der Waals surface area contributed by atoms with Crippen LogP contribution in [-0.4, -0.2) is 47.6 Å². The van der Waals surface area contributed by atoms with E-state index in [1.54, 1.807) is 30.1 Å². The number of amides is 2. The molecule has 0 aromatic heterocycles. The number of nitrogens with one attached hydrogen (secondary N) is 1. The van der Waals surface area contributed by atoms with Crippen molar-refractivity contribution in [2.45, 2.75) is 56.6 Å². The molecule has 2 N–H and O–H groups in total. The number of aliphatic hydroxyl groups is 1. The van der Waals surface area contributed by atoms with Crippen LogP contribution in [0.5, 0.6) is 0 Å². The Morgan fingerprint density at radius 1 is 1.10 bits per heavy atom. The van der Waals surface area contributed by atoms with Gasteiger partial charge in [-0.2, -0.15) is 0 Å². The van der Waals surface area contributed by atoms with E-state index >= 15 is 0 Å². The third kappa shape index (κ3) is 5.50. The smallest absolute Gasteiger partial charge is 0.227 e. The topological polar surface area (TPSA) is 69.6 Å². The fourth-order valence-corrected chi connectivity index (χ4v) is 4.58. The highest BCUT2D eigenvalue weighted by Crippen LogP contribution is 2.39. The van der Waals surface area contributed by atoms with Crippen molar-refractivity contribution in [1.82, 2.24) is 10.2 Å². The van der Waals surface area contributed by atoms with Crippen molar-refractivity contribution >= 4 is 11.8 Å². The molecule has 166 valence electrons. The molecule has 5 nitrogen and oxygen atoms in total. The summed E-state index contributed by atoms with van der Waals surface area (Å²) >= 11 is 0. The average molecular weight is 427 g/mol. The van der Waals surface area contributed by atoms with Gasteiger partial charge < -0.3 is 15.3 Å². The van der Waals surface area contributed by atoms with E-state index < -0.39 is 11.9 Å². The first kappa shape index (κ1) is 22.9. The van der Waals surface area contributed by atoms with E-state index in [4.69, 9.17) is 0 Å². The summed E-state index contributed by atoms with van der Waals surface area (Å²) < 4.78 is 14.0. The van der Waals surface area contributed by atoms with Crippen LogP contribution in [0.25, 0.3) is 0 Å². The summed E-state index contributed by atoms with van der Waals surface area (Å²) in [6.07, 6.45) is 1.80. The molecule has 0 heterocycles. The Hall–Kier alpha value is -2.73. The van der Waals surface area contributed by atoms with Crippen molar-refractivity contribution in [3.8, 4) is 0 Å². The highest BCUT2D eigenvalue weighted by atomic mass is 19.1. The Balaban J connectivity index is 1.77. The van der Waals surface area contributed by atoms with Crippen LogP contribution in [0, 0.1) is 5.82 Å². The maximum Gasteiger partial charge on any atom is 0.227 e. The summed E-state index contributed by atoms with van der Waals surface area (Å²) in [5.41, 5.74) is 1.17. The number of halogens is 1. The first-order valence-electron chi connectivity index (χ1n) is 10.8. The Bertz CT molecular complexity index is 905. The monoisotopic (exact) mass is 426 g/mol. The maximum atomic E-state index is 14.0. The zero-order valence-electron chi connectivity index (χ0n) is 18.2. The van der Waals surface area contributed by atoms with Gasteiger partial charge in [-0.15, -0.1) is 0 Å². The second kappa shape index (κ2) is 10.1. The van der Waals surface area contributed by atoms with Crippen molar-refractivity contribution in [3.63, 3.8) is 0 Å². The molecule has 1 aliphatic carbocycles.